The maximum absolute atomic E-state index is 14.5. The summed E-state index contributed by atoms with van der Waals surface area (Å²) in [5.74, 6) is 7.44. The van der Waals surface area contributed by atoms with Gasteiger partial charge in [-0.25, -0.2) is 0 Å². The molecule has 4 aliphatic heterocycles. The molecule has 13 atom stereocenters. The fourth-order valence-corrected chi connectivity index (χ4v) is 15.8. The van der Waals surface area contributed by atoms with Gasteiger partial charge in [0.25, 0.3) is 0 Å². The van der Waals surface area contributed by atoms with Crippen molar-refractivity contribution in [3.63, 3.8) is 0 Å². The van der Waals surface area contributed by atoms with Crippen LogP contribution in [0.5, 0.6) is 0 Å². The minimum absolute atomic E-state index is 0.0387. The van der Waals surface area contributed by atoms with Gasteiger partial charge in [-0.3, -0.25) is 14.4 Å². The van der Waals surface area contributed by atoms with E-state index in [0.29, 0.717) is 132 Å². The molecule has 390 valence electrons. The van der Waals surface area contributed by atoms with Crippen LogP contribution in [0.15, 0.2) is 34.7 Å². The van der Waals surface area contributed by atoms with Gasteiger partial charge in [-0.05, 0) is 98.2 Å². The number of esters is 1. The molecule has 0 aromatic rings. The summed E-state index contributed by atoms with van der Waals surface area (Å²) < 4.78 is 47.3. The zero-order chi connectivity index (χ0) is 48.2. The summed E-state index contributed by atoms with van der Waals surface area (Å²) in [4.78, 5) is 44.6. The van der Waals surface area contributed by atoms with Gasteiger partial charge in [0.1, 0.15) is 29.6 Å². The predicted molar refractivity (Wildman–Crippen MR) is 264 cm³/mol. The van der Waals surface area contributed by atoms with Crippen molar-refractivity contribution in [1.82, 2.24) is 20.4 Å². The zero-order valence-electron chi connectivity index (χ0n) is 42.3. The number of allylic oxidation sites excluding steroid dienone is 3. The Kier molecular flexibility index (Phi) is 16.6. The maximum Gasteiger partial charge on any atom is 0.307 e. The van der Waals surface area contributed by atoms with Gasteiger partial charge in [-0.2, -0.15) is 11.8 Å². The molecule has 2 N–H and O–H groups in total. The lowest BCUT2D eigenvalue weighted by Gasteiger charge is -2.37. The predicted octanol–water partition coefficient (Wildman–Crippen LogP) is 6.12. The number of carbonyl (C=O) groups is 3. The summed E-state index contributed by atoms with van der Waals surface area (Å²) in [6.07, 6.45) is 19.3. The van der Waals surface area contributed by atoms with Crippen LogP contribution in [0.2, 0.25) is 0 Å². The summed E-state index contributed by atoms with van der Waals surface area (Å²) in [6, 6.07) is 1.49. The van der Waals surface area contributed by atoms with Crippen LogP contribution < -0.4 is 10.6 Å². The minimum atomic E-state index is -0.280. The molecule has 7 fully saturated rings. The van der Waals surface area contributed by atoms with Crippen LogP contribution in [0, 0.1) is 40.9 Å². The molecule has 1 spiro atoms. The van der Waals surface area contributed by atoms with Crippen LogP contribution in [-0.2, 0) is 52.3 Å². The van der Waals surface area contributed by atoms with E-state index in [0.717, 1.165) is 92.1 Å². The van der Waals surface area contributed by atoms with Crippen molar-refractivity contribution in [2.45, 2.75) is 145 Å². The molecule has 0 bridgehead atoms. The van der Waals surface area contributed by atoms with Gasteiger partial charge >= 0.3 is 5.97 Å². The van der Waals surface area contributed by atoms with Gasteiger partial charge in [0.05, 0.1) is 85.8 Å². The van der Waals surface area contributed by atoms with Gasteiger partial charge in [0.2, 0.25) is 11.8 Å². The minimum Gasteiger partial charge on any atom is -0.498 e. The largest absolute Gasteiger partial charge is 0.498 e. The Bertz CT molecular complexity index is 1970. The van der Waals surface area contributed by atoms with Gasteiger partial charge in [0, 0.05) is 80.8 Å². The number of amides is 2. The van der Waals surface area contributed by atoms with Crippen molar-refractivity contribution in [2.75, 3.05) is 98.8 Å². The lowest BCUT2D eigenvalue weighted by atomic mass is 9.81. The first-order chi connectivity index (χ1) is 34.3. The average molecular weight is 995 g/mol. The first-order valence-corrected chi connectivity index (χ1v) is 28.4. The highest BCUT2D eigenvalue weighted by atomic mass is 32.2. The molecule has 70 heavy (non-hydrogen) atoms. The Labute approximate surface area is 420 Å². The third kappa shape index (κ3) is 10.9. The lowest BCUT2D eigenvalue weighted by molar-refractivity contribution is -0.142. The normalized spacial score (nSPS) is 36.6. The molecule has 0 radical (unpaired) electrons. The summed E-state index contributed by atoms with van der Waals surface area (Å²) in [5, 5.41) is 7.73. The molecule has 0 aromatic heterocycles. The third-order valence-corrected chi connectivity index (χ3v) is 19.4. The zero-order valence-corrected chi connectivity index (χ0v) is 43.1. The SMILES string of the molecule is COC(=O)CCOCCOCCOCCSC[C@@H]1C=C(COC2=C(OC)C[C@H]3C(=O)N4[C@H](CN[C@H]3C2)CC23CC2CCC[C@H]43)C[C@H](COC2=C(OC)C[C@@H]3C(=O)N4C5CCCC[C@@H]5C[C@H]4CN[C@@H]3C2)C1. The van der Waals surface area contributed by atoms with Crippen LogP contribution >= 0.6 is 11.8 Å². The molecule has 3 unspecified atom stereocenters. The number of hydrogen-bond acceptors (Lipinski definition) is 14. The van der Waals surface area contributed by atoms with Crippen molar-refractivity contribution < 1.29 is 52.3 Å². The molecule has 3 saturated carbocycles. The molecule has 16 heteroatoms. The van der Waals surface area contributed by atoms with E-state index >= 15 is 0 Å². The van der Waals surface area contributed by atoms with Gasteiger partial charge in [0.15, 0.2) is 0 Å². The van der Waals surface area contributed by atoms with Gasteiger partial charge in [-0.15, -0.1) is 0 Å². The van der Waals surface area contributed by atoms with Crippen LogP contribution in [0.25, 0.3) is 0 Å². The van der Waals surface area contributed by atoms with Crippen LogP contribution in [0.4, 0.5) is 0 Å². The van der Waals surface area contributed by atoms with E-state index in [1.54, 1.807) is 14.2 Å². The highest BCUT2D eigenvalue weighted by Gasteiger charge is 2.68. The summed E-state index contributed by atoms with van der Waals surface area (Å²) in [5.41, 5.74) is 1.66. The number of hydrogen-bond donors (Lipinski definition) is 2. The van der Waals surface area contributed by atoms with E-state index in [2.05, 4.69) is 31.2 Å². The smallest absolute Gasteiger partial charge is 0.307 e. The molecule has 10 rings (SSSR count). The van der Waals surface area contributed by atoms with Crippen molar-refractivity contribution in [3.05, 3.63) is 34.7 Å². The summed E-state index contributed by atoms with van der Waals surface area (Å²) in [6.45, 7) is 5.63. The Morgan fingerprint density at radius 1 is 0.714 bits per heavy atom. The first-order valence-electron chi connectivity index (χ1n) is 27.2. The van der Waals surface area contributed by atoms with Crippen LogP contribution in [0.3, 0.4) is 0 Å². The lowest BCUT2D eigenvalue weighted by Crippen LogP contribution is -2.48. The van der Waals surface area contributed by atoms with Crippen molar-refractivity contribution in [1.29, 1.82) is 0 Å². The summed E-state index contributed by atoms with van der Waals surface area (Å²) >= 11 is 1.91. The second-order valence-corrected chi connectivity index (χ2v) is 23.5. The molecule has 2 amide bonds. The van der Waals surface area contributed by atoms with E-state index in [-0.39, 0.29) is 42.2 Å². The highest BCUT2D eigenvalue weighted by Crippen LogP contribution is 2.69. The summed E-state index contributed by atoms with van der Waals surface area (Å²) in [7, 11) is 4.83. The molecule has 10 aliphatic rings. The average Bonchev–Trinajstić information content (AvgIpc) is 3.93. The van der Waals surface area contributed by atoms with E-state index < -0.39 is 0 Å². The number of thioether (sulfide) groups is 1. The fraction of sp³-hybridized carbons (Fsp3) is 0.833. The number of nitrogens with zero attached hydrogens (tertiary/aromatic N) is 2. The number of fused-ring (bicyclic) bond motifs is 7. The molecule has 6 aliphatic carbocycles. The number of nitrogens with one attached hydrogen (secondary N) is 2. The number of carbonyl (C=O) groups excluding carboxylic acids is 3. The first kappa shape index (κ1) is 50.5. The Hall–Kier alpha value is -3.02. The topological polar surface area (TPSA) is 156 Å². The molecular weight excluding hydrogens is 913 g/mol. The third-order valence-electron chi connectivity index (χ3n) is 18.3. The molecule has 4 saturated heterocycles. The second kappa shape index (κ2) is 23.0. The molecule has 15 nitrogen and oxygen atoms in total. The number of ether oxygens (including phenoxy) is 8. The Morgan fingerprint density at radius 3 is 2.14 bits per heavy atom. The van der Waals surface area contributed by atoms with Crippen LogP contribution in [-0.4, -0.2) is 163 Å². The van der Waals surface area contributed by atoms with E-state index in [9.17, 15) is 14.4 Å². The number of methoxy groups -OCH3 is 3. The van der Waals surface area contributed by atoms with Crippen molar-refractivity contribution in [2.24, 2.45) is 40.9 Å². The standard InChI is InChI=1S/C54H82N4O11S/c1-62-46-23-41-43(55-29-39-22-37-7-4-5-9-45(37)57(39)52(41)60)25-48(46)68-31-34-19-35(21-36(20-34)33-70-18-17-67-16-15-66-14-13-65-12-11-51(59)64-3)32-69-49-26-44-42(24-47(49)63-2)53(61)58-40(30-56-44)28-54-27-38(54)8-6-10-50(54)58/h21,34,36-45,50,55-56H,4-20,22-33H2,1-3H3/t34-,36-,37+,38?,39-,40-,41-,42+,43+,44-,45?,50-,54?/m0/s1. The molecular formula is C54H82N4O11S. The molecule has 0 aromatic carbocycles. The van der Waals surface area contributed by atoms with Gasteiger partial charge < -0.3 is 58.3 Å². The van der Waals surface area contributed by atoms with E-state index in [1.165, 1.54) is 51.2 Å². The van der Waals surface area contributed by atoms with Gasteiger partial charge in [-0.1, -0.05) is 25.3 Å². The quantitative estimate of drug-likeness (QED) is 0.0728. The molecule has 4 heterocycles. The van der Waals surface area contributed by atoms with Crippen molar-refractivity contribution in [3.8, 4) is 0 Å². The van der Waals surface area contributed by atoms with Crippen LogP contribution in [0.1, 0.15) is 109 Å². The van der Waals surface area contributed by atoms with E-state index in [1.807, 2.05) is 11.8 Å². The highest BCUT2D eigenvalue weighted by molar-refractivity contribution is 7.99. The fourth-order valence-electron chi connectivity index (χ4n) is 14.9. The second-order valence-electron chi connectivity index (χ2n) is 22.3. The monoisotopic (exact) mass is 995 g/mol. The maximum atomic E-state index is 14.5. The Balaban J connectivity index is 0.747. The van der Waals surface area contributed by atoms with E-state index in [4.69, 9.17) is 33.2 Å². The number of rotatable bonds is 22. The Morgan fingerprint density at radius 2 is 1.40 bits per heavy atom. The van der Waals surface area contributed by atoms with Crippen molar-refractivity contribution >= 4 is 29.5 Å².